The first-order chi connectivity index (χ1) is 5.74. The van der Waals surface area contributed by atoms with Crippen LogP contribution in [0.5, 0.6) is 0 Å². The number of rotatable bonds is 2. The summed E-state index contributed by atoms with van der Waals surface area (Å²) in [7, 11) is 2.23. The van der Waals surface area contributed by atoms with E-state index in [-0.39, 0.29) is 0 Å². The molecule has 2 aliphatic rings. The van der Waals surface area contributed by atoms with Crippen LogP contribution in [0.1, 0.15) is 13.3 Å². The van der Waals surface area contributed by atoms with Gasteiger partial charge in [0.2, 0.25) is 0 Å². The lowest BCUT2D eigenvalue weighted by atomic mass is 9.99. The van der Waals surface area contributed by atoms with Crippen molar-refractivity contribution in [2.24, 2.45) is 11.8 Å². The Kier molecular flexibility index (Phi) is 2.37. The molecular weight excluding hydrogens is 148 g/mol. The van der Waals surface area contributed by atoms with E-state index in [1.54, 1.807) is 0 Å². The average Bonchev–Trinajstić information content (AvgIpc) is 2.33. The number of likely N-dealkylation sites (tertiary alicyclic amines) is 2. The van der Waals surface area contributed by atoms with Crippen LogP contribution >= 0.6 is 0 Å². The molecule has 2 fully saturated rings. The van der Waals surface area contributed by atoms with Crippen molar-refractivity contribution in [3.05, 3.63) is 0 Å². The van der Waals surface area contributed by atoms with E-state index in [0.29, 0.717) is 0 Å². The minimum Gasteiger partial charge on any atom is -0.306 e. The Labute approximate surface area is 75.5 Å². The molecule has 2 saturated heterocycles. The van der Waals surface area contributed by atoms with Gasteiger partial charge in [0.1, 0.15) is 0 Å². The molecule has 12 heavy (non-hydrogen) atoms. The Bertz CT molecular complexity index is 152. The quantitative estimate of drug-likeness (QED) is 0.604. The third-order valence-electron chi connectivity index (χ3n) is 3.15. The minimum absolute atomic E-state index is 0.961. The van der Waals surface area contributed by atoms with Crippen LogP contribution in [0.25, 0.3) is 0 Å². The van der Waals surface area contributed by atoms with E-state index in [1.165, 1.54) is 39.1 Å². The summed E-state index contributed by atoms with van der Waals surface area (Å²) < 4.78 is 0. The maximum atomic E-state index is 2.61. The van der Waals surface area contributed by atoms with Crippen molar-refractivity contribution in [2.75, 3.05) is 39.8 Å². The summed E-state index contributed by atoms with van der Waals surface area (Å²) in [5.74, 6) is 1.92. The second-order valence-corrected chi connectivity index (χ2v) is 4.74. The third-order valence-corrected chi connectivity index (χ3v) is 3.15. The molecule has 1 atom stereocenters. The van der Waals surface area contributed by atoms with Crippen molar-refractivity contribution in [3.63, 3.8) is 0 Å². The molecule has 2 rings (SSSR count). The van der Waals surface area contributed by atoms with Gasteiger partial charge < -0.3 is 9.80 Å². The van der Waals surface area contributed by atoms with Crippen LogP contribution in [0.3, 0.4) is 0 Å². The second-order valence-electron chi connectivity index (χ2n) is 4.74. The van der Waals surface area contributed by atoms with Crippen LogP contribution in [-0.2, 0) is 0 Å². The smallest absolute Gasteiger partial charge is 0.00226 e. The van der Waals surface area contributed by atoms with E-state index < -0.39 is 0 Å². The lowest BCUT2D eigenvalue weighted by molar-refractivity contribution is 0.0939. The van der Waals surface area contributed by atoms with Gasteiger partial charge in [0.05, 0.1) is 0 Å². The topological polar surface area (TPSA) is 6.48 Å². The molecule has 0 amide bonds. The van der Waals surface area contributed by atoms with Gasteiger partial charge in [0, 0.05) is 26.2 Å². The summed E-state index contributed by atoms with van der Waals surface area (Å²) in [4.78, 5) is 5.06. The highest BCUT2D eigenvalue weighted by atomic mass is 15.2. The lowest BCUT2D eigenvalue weighted by Gasteiger charge is -2.38. The Morgan fingerprint density at radius 2 is 2.00 bits per heavy atom. The predicted molar refractivity (Wildman–Crippen MR) is 51.2 cm³/mol. The van der Waals surface area contributed by atoms with Crippen molar-refractivity contribution in [3.8, 4) is 0 Å². The molecule has 0 saturated carbocycles. The number of hydrogen-bond acceptors (Lipinski definition) is 2. The maximum Gasteiger partial charge on any atom is 0.00226 e. The minimum atomic E-state index is 0.961. The summed E-state index contributed by atoms with van der Waals surface area (Å²) >= 11 is 0. The van der Waals surface area contributed by atoms with Crippen LogP contribution in [0.2, 0.25) is 0 Å². The van der Waals surface area contributed by atoms with Crippen LogP contribution in [0.15, 0.2) is 0 Å². The summed E-state index contributed by atoms with van der Waals surface area (Å²) in [6, 6.07) is 0. The molecule has 2 heterocycles. The first kappa shape index (κ1) is 8.52. The molecule has 0 N–H and O–H groups in total. The molecule has 0 aromatic rings. The molecule has 2 nitrogen and oxygen atoms in total. The van der Waals surface area contributed by atoms with Gasteiger partial charge in [-0.1, -0.05) is 6.92 Å². The fraction of sp³-hybridized carbons (Fsp3) is 1.00. The van der Waals surface area contributed by atoms with Gasteiger partial charge in [-0.15, -0.1) is 0 Å². The fourth-order valence-corrected chi connectivity index (χ4v) is 2.52. The summed E-state index contributed by atoms with van der Waals surface area (Å²) in [5, 5.41) is 0. The molecule has 0 unspecified atom stereocenters. The Morgan fingerprint density at radius 1 is 1.25 bits per heavy atom. The predicted octanol–water partition coefficient (Wildman–Crippen LogP) is 0.890. The van der Waals surface area contributed by atoms with Crippen LogP contribution in [0, 0.1) is 11.8 Å². The van der Waals surface area contributed by atoms with Crippen LogP contribution < -0.4 is 0 Å². The fourth-order valence-electron chi connectivity index (χ4n) is 2.52. The van der Waals surface area contributed by atoms with Gasteiger partial charge in [-0.25, -0.2) is 0 Å². The van der Waals surface area contributed by atoms with E-state index in [2.05, 4.69) is 23.8 Å². The monoisotopic (exact) mass is 168 g/mol. The highest BCUT2D eigenvalue weighted by Crippen LogP contribution is 2.20. The Balaban J connectivity index is 1.67. The van der Waals surface area contributed by atoms with E-state index in [1.807, 2.05) is 0 Å². The highest BCUT2D eigenvalue weighted by molar-refractivity contribution is 4.82. The molecule has 70 valence electrons. The zero-order valence-electron chi connectivity index (χ0n) is 8.29. The zero-order chi connectivity index (χ0) is 8.55. The number of nitrogens with zero attached hydrogens (tertiary/aromatic N) is 2. The molecule has 0 radical (unpaired) electrons. The average molecular weight is 168 g/mol. The van der Waals surface area contributed by atoms with E-state index in [9.17, 15) is 0 Å². The van der Waals surface area contributed by atoms with Gasteiger partial charge >= 0.3 is 0 Å². The van der Waals surface area contributed by atoms with E-state index >= 15 is 0 Å². The van der Waals surface area contributed by atoms with Crippen molar-refractivity contribution >= 4 is 0 Å². The van der Waals surface area contributed by atoms with Crippen molar-refractivity contribution in [1.82, 2.24) is 9.80 Å². The van der Waals surface area contributed by atoms with Crippen LogP contribution in [-0.4, -0.2) is 49.6 Å². The summed E-state index contributed by atoms with van der Waals surface area (Å²) in [6.07, 6.45) is 1.42. The molecule has 2 heteroatoms. The van der Waals surface area contributed by atoms with Gasteiger partial charge in [-0.2, -0.15) is 0 Å². The molecule has 0 bridgehead atoms. The second kappa shape index (κ2) is 3.35. The Hall–Kier alpha value is -0.0800. The third kappa shape index (κ3) is 1.80. The van der Waals surface area contributed by atoms with Gasteiger partial charge in [0.25, 0.3) is 0 Å². The van der Waals surface area contributed by atoms with Crippen molar-refractivity contribution < 1.29 is 0 Å². The van der Waals surface area contributed by atoms with Crippen molar-refractivity contribution in [2.45, 2.75) is 13.3 Å². The Morgan fingerprint density at radius 3 is 2.50 bits per heavy atom. The highest BCUT2D eigenvalue weighted by Gasteiger charge is 2.27. The summed E-state index contributed by atoms with van der Waals surface area (Å²) in [5.41, 5.74) is 0. The largest absolute Gasteiger partial charge is 0.306 e. The van der Waals surface area contributed by atoms with Gasteiger partial charge in [-0.05, 0) is 31.8 Å². The molecule has 0 aromatic carbocycles. The standard InChI is InChI=1S/C10H20N2/c1-9-5-12(6-9)8-10-3-4-11(2)7-10/h9-10H,3-8H2,1-2H3/t10-/m0/s1. The lowest BCUT2D eigenvalue weighted by Crippen LogP contribution is -2.47. The van der Waals surface area contributed by atoms with Gasteiger partial charge in [-0.3, -0.25) is 0 Å². The molecular formula is C10H20N2. The SMILES string of the molecule is CC1CN(C[C@H]2CCN(C)C2)C1. The molecule has 0 aliphatic carbocycles. The first-order valence-corrected chi connectivity index (χ1v) is 5.15. The zero-order valence-corrected chi connectivity index (χ0v) is 8.29. The van der Waals surface area contributed by atoms with Crippen molar-refractivity contribution in [1.29, 1.82) is 0 Å². The summed E-state index contributed by atoms with van der Waals surface area (Å²) in [6.45, 7) is 9.03. The molecule has 2 aliphatic heterocycles. The van der Waals surface area contributed by atoms with E-state index in [0.717, 1.165) is 11.8 Å². The first-order valence-electron chi connectivity index (χ1n) is 5.15. The molecule has 0 spiro atoms. The number of hydrogen-bond donors (Lipinski definition) is 0. The van der Waals surface area contributed by atoms with Crippen LogP contribution in [0.4, 0.5) is 0 Å². The van der Waals surface area contributed by atoms with Gasteiger partial charge in [0.15, 0.2) is 0 Å². The normalized spacial score (nSPS) is 34.0. The maximum absolute atomic E-state index is 2.61. The molecule has 0 aromatic heterocycles. The van der Waals surface area contributed by atoms with E-state index in [4.69, 9.17) is 0 Å².